The van der Waals surface area contributed by atoms with E-state index < -0.39 is 23.8 Å². The van der Waals surface area contributed by atoms with Crippen molar-refractivity contribution in [2.24, 2.45) is 0 Å². The number of hydrogen-bond donors (Lipinski definition) is 1. The summed E-state index contributed by atoms with van der Waals surface area (Å²) in [4.78, 5) is 27.3. The molecule has 0 spiro atoms. The van der Waals surface area contributed by atoms with Gasteiger partial charge in [0.2, 0.25) is 0 Å². The first kappa shape index (κ1) is 21.5. The van der Waals surface area contributed by atoms with Crippen molar-refractivity contribution in [3.05, 3.63) is 89.0 Å². The zero-order valence-corrected chi connectivity index (χ0v) is 17.5. The molecular formula is C25H16F3N3O3. The highest BCUT2D eigenvalue weighted by molar-refractivity contribution is 6.08. The van der Waals surface area contributed by atoms with Gasteiger partial charge in [-0.3, -0.25) is 9.69 Å². The van der Waals surface area contributed by atoms with Crippen LogP contribution in [0, 0.1) is 11.3 Å². The van der Waals surface area contributed by atoms with Crippen LogP contribution in [0.3, 0.4) is 0 Å². The molecule has 3 aromatic rings. The van der Waals surface area contributed by atoms with E-state index >= 15 is 0 Å². The summed E-state index contributed by atoms with van der Waals surface area (Å²) in [6, 6.07) is 11.7. The third-order valence-corrected chi connectivity index (χ3v) is 5.99. The second-order valence-corrected chi connectivity index (χ2v) is 7.98. The van der Waals surface area contributed by atoms with Gasteiger partial charge in [-0.1, -0.05) is 12.1 Å². The van der Waals surface area contributed by atoms with E-state index in [1.165, 1.54) is 24.7 Å². The van der Waals surface area contributed by atoms with Gasteiger partial charge in [0.05, 0.1) is 41.5 Å². The van der Waals surface area contributed by atoms with Gasteiger partial charge in [-0.05, 0) is 53.9 Å². The summed E-state index contributed by atoms with van der Waals surface area (Å²) >= 11 is 0. The van der Waals surface area contributed by atoms with Crippen molar-refractivity contribution in [2.45, 2.75) is 25.1 Å². The van der Waals surface area contributed by atoms with Gasteiger partial charge in [0.15, 0.2) is 5.78 Å². The normalized spacial score (nSPS) is 18.1. The number of halogens is 3. The number of carbonyl (C=O) groups excluding carboxylic acids is 2. The van der Waals surface area contributed by atoms with Crippen LogP contribution in [-0.4, -0.2) is 11.8 Å². The van der Waals surface area contributed by atoms with E-state index in [1.807, 2.05) is 0 Å². The minimum absolute atomic E-state index is 0.0304. The molecule has 1 unspecified atom stereocenters. The minimum atomic E-state index is -4.57. The Morgan fingerprint density at radius 2 is 1.91 bits per heavy atom. The van der Waals surface area contributed by atoms with Crippen molar-refractivity contribution >= 4 is 17.5 Å². The molecule has 2 heterocycles. The number of Topliss-reactive ketones (excluding diaryl/α,β-unsaturated/α-hetero) is 1. The molecule has 6 nitrogen and oxygen atoms in total. The van der Waals surface area contributed by atoms with Crippen LogP contribution in [-0.2, 0) is 11.0 Å². The van der Waals surface area contributed by atoms with Crippen molar-refractivity contribution in [1.29, 1.82) is 5.26 Å². The Morgan fingerprint density at radius 3 is 2.62 bits per heavy atom. The summed E-state index contributed by atoms with van der Waals surface area (Å²) in [7, 11) is 0. The zero-order chi connectivity index (χ0) is 24.0. The Morgan fingerprint density at radius 1 is 1.09 bits per heavy atom. The first-order valence-electron chi connectivity index (χ1n) is 10.4. The molecule has 0 saturated heterocycles. The highest BCUT2D eigenvalue weighted by atomic mass is 19.4. The van der Waals surface area contributed by atoms with Crippen LogP contribution >= 0.6 is 0 Å². The van der Waals surface area contributed by atoms with Crippen LogP contribution in [0.5, 0.6) is 0 Å². The lowest BCUT2D eigenvalue weighted by molar-refractivity contribution is -0.137. The van der Waals surface area contributed by atoms with Crippen molar-refractivity contribution in [1.82, 2.24) is 5.32 Å². The number of anilines is 1. The average Bonchev–Trinajstić information content (AvgIpc) is 3.48. The van der Waals surface area contributed by atoms with E-state index in [9.17, 15) is 28.0 Å². The largest absolute Gasteiger partial charge is 0.472 e. The average molecular weight is 463 g/mol. The number of urea groups is 1. The molecule has 0 fully saturated rings. The van der Waals surface area contributed by atoms with E-state index in [2.05, 4.69) is 11.4 Å². The van der Waals surface area contributed by atoms with Gasteiger partial charge >= 0.3 is 12.2 Å². The third kappa shape index (κ3) is 3.53. The lowest BCUT2D eigenvalue weighted by Crippen LogP contribution is -2.47. The molecule has 1 atom stereocenters. The van der Waals surface area contributed by atoms with Crippen molar-refractivity contribution in [3.8, 4) is 17.2 Å². The van der Waals surface area contributed by atoms with Crippen molar-refractivity contribution < 1.29 is 27.2 Å². The number of ketones is 1. The van der Waals surface area contributed by atoms with Gasteiger partial charge in [-0.2, -0.15) is 18.4 Å². The molecule has 5 rings (SSSR count). The fourth-order valence-electron chi connectivity index (χ4n) is 4.48. The maximum absolute atomic E-state index is 13.3. The molecule has 1 aliphatic heterocycles. The van der Waals surface area contributed by atoms with Gasteiger partial charge in [0.25, 0.3) is 0 Å². The summed E-state index contributed by atoms with van der Waals surface area (Å²) < 4.78 is 45.0. The monoisotopic (exact) mass is 463 g/mol. The summed E-state index contributed by atoms with van der Waals surface area (Å²) in [6.45, 7) is 0. The molecule has 1 aliphatic carbocycles. The summed E-state index contributed by atoms with van der Waals surface area (Å²) in [5, 5.41) is 12.1. The smallest absolute Gasteiger partial charge is 0.416 e. The van der Waals surface area contributed by atoms with Gasteiger partial charge in [-0.15, -0.1) is 0 Å². The predicted molar refractivity (Wildman–Crippen MR) is 115 cm³/mol. The predicted octanol–water partition coefficient (Wildman–Crippen LogP) is 5.72. The molecule has 2 aliphatic rings. The second kappa shape index (κ2) is 7.92. The van der Waals surface area contributed by atoms with Gasteiger partial charge < -0.3 is 9.73 Å². The maximum atomic E-state index is 13.3. The number of benzene rings is 2. The number of nitriles is 1. The van der Waals surface area contributed by atoms with E-state index in [0.29, 0.717) is 33.5 Å². The number of carbonyl (C=O) groups is 2. The van der Waals surface area contributed by atoms with E-state index in [-0.39, 0.29) is 24.3 Å². The molecule has 0 saturated carbocycles. The lowest BCUT2D eigenvalue weighted by Gasteiger charge is -2.35. The quantitative estimate of drug-likeness (QED) is 0.538. The van der Waals surface area contributed by atoms with E-state index in [4.69, 9.17) is 4.42 Å². The first-order chi connectivity index (χ1) is 16.3. The lowest BCUT2D eigenvalue weighted by atomic mass is 9.88. The SMILES string of the molecule is N#Cc1ccc(C2NC(=O)N(c3cccc(C(F)(F)F)c3)C3=C2C(=O)CC3)c(-c2ccoc2)c1. The van der Waals surface area contributed by atoms with Gasteiger partial charge in [-0.25, -0.2) is 4.79 Å². The second-order valence-electron chi connectivity index (χ2n) is 7.98. The minimum Gasteiger partial charge on any atom is -0.472 e. The Bertz CT molecular complexity index is 1380. The van der Waals surface area contributed by atoms with E-state index in [1.54, 1.807) is 24.3 Å². The topological polar surface area (TPSA) is 86.3 Å². The van der Waals surface area contributed by atoms with Crippen LogP contribution in [0.15, 0.2) is 76.7 Å². The molecule has 1 N–H and O–H groups in total. The third-order valence-electron chi connectivity index (χ3n) is 5.99. The van der Waals surface area contributed by atoms with Crippen LogP contribution in [0.4, 0.5) is 23.7 Å². The molecule has 2 amide bonds. The number of rotatable bonds is 3. The van der Waals surface area contributed by atoms with Crippen molar-refractivity contribution in [2.75, 3.05) is 4.90 Å². The molecule has 2 aromatic carbocycles. The number of nitrogens with zero attached hydrogens (tertiary/aromatic N) is 2. The molecule has 34 heavy (non-hydrogen) atoms. The molecule has 9 heteroatoms. The fourth-order valence-corrected chi connectivity index (χ4v) is 4.48. The summed E-state index contributed by atoms with van der Waals surface area (Å²) in [5.74, 6) is -0.195. The molecule has 0 bridgehead atoms. The Hall–Kier alpha value is -4.32. The Balaban J connectivity index is 1.65. The van der Waals surface area contributed by atoms with Crippen LogP contribution < -0.4 is 10.2 Å². The standard InChI is InChI=1S/C25H16F3N3O3/c26-25(27,28)16-2-1-3-17(11-16)31-20-6-7-21(32)22(20)23(30-24(31)33)18-5-4-14(12-29)10-19(18)15-8-9-34-13-15/h1-5,8-11,13,23H,6-7H2,(H,30,33). The van der Waals surface area contributed by atoms with Crippen LogP contribution in [0.25, 0.3) is 11.1 Å². The highest BCUT2D eigenvalue weighted by Crippen LogP contribution is 2.43. The first-order valence-corrected chi connectivity index (χ1v) is 10.4. The summed E-state index contributed by atoms with van der Waals surface area (Å²) in [6.07, 6.45) is -1.24. The molecule has 170 valence electrons. The number of alkyl halides is 3. The van der Waals surface area contributed by atoms with Crippen molar-refractivity contribution in [3.63, 3.8) is 0 Å². The Kier molecular flexibility index (Phi) is 5.01. The van der Waals surface area contributed by atoms with Crippen LogP contribution in [0.1, 0.15) is 35.6 Å². The fraction of sp³-hybridized carbons (Fsp3) is 0.160. The number of amides is 2. The number of furan rings is 1. The van der Waals surface area contributed by atoms with Gasteiger partial charge in [0, 0.05) is 23.3 Å². The number of hydrogen-bond acceptors (Lipinski definition) is 4. The molecule has 1 aromatic heterocycles. The number of nitrogens with one attached hydrogen (secondary N) is 1. The summed E-state index contributed by atoms with van der Waals surface area (Å²) in [5.41, 5.74) is 2.09. The highest BCUT2D eigenvalue weighted by Gasteiger charge is 2.42. The molecule has 0 radical (unpaired) electrons. The Labute approximate surface area is 191 Å². The van der Waals surface area contributed by atoms with E-state index in [0.717, 1.165) is 17.0 Å². The number of allylic oxidation sites excluding steroid dienone is 1. The zero-order valence-electron chi connectivity index (χ0n) is 17.5. The van der Waals surface area contributed by atoms with Crippen LogP contribution in [0.2, 0.25) is 0 Å². The molecular weight excluding hydrogens is 447 g/mol. The maximum Gasteiger partial charge on any atom is 0.416 e. The van der Waals surface area contributed by atoms with Gasteiger partial charge in [0.1, 0.15) is 0 Å².